The number of ether oxygens (including phenoxy) is 1. The van der Waals surface area contributed by atoms with Crippen LogP contribution in [0.3, 0.4) is 0 Å². The van der Waals surface area contributed by atoms with Gasteiger partial charge in [-0.05, 0) is 37.0 Å². The zero-order valence-electron chi connectivity index (χ0n) is 13.5. The molecule has 3 aliphatic rings. The zero-order valence-corrected chi connectivity index (χ0v) is 14.3. The van der Waals surface area contributed by atoms with Crippen LogP contribution in [-0.2, 0) is 9.53 Å². The maximum atomic E-state index is 12.0. The normalized spacial score (nSPS) is 24.5. The van der Waals surface area contributed by atoms with Crippen molar-refractivity contribution in [2.24, 2.45) is 10.9 Å². The fraction of sp³-hybridized carbons (Fsp3) is 0.389. The lowest BCUT2D eigenvalue weighted by atomic mass is 9.84. The third kappa shape index (κ3) is 2.99. The van der Waals surface area contributed by atoms with Crippen molar-refractivity contribution in [2.75, 3.05) is 13.2 Å². The van der Waals surface area contributed by atoms with E-state index in [0.717, 1.165) is 53.5 Å². The maximum absolute atomic E-state index is 12.0. The van der Waals surface area contributed by atoms with Gasteiger partial charge < -0.3 is 10.1 Å². The fourth-order valence-electron chi connectivity index (χ4n) is 3.35. The number of thiazole rings is 1. The second-order valence-electron chi connectivity index (χ2n) is 6.26. The summed E-state index contributed by atoms with van der Waals surface area (Å²) in [5.41, 5.74) is 5.83. The smallest absolute Gasteiger partial charge is 0.271 e. The van der Waals surface area contributed by atoms with Crippen LogP contribution in [0.15, 0.2) is 46.2 Å². The third-order valence-electron chi connectivity index (χ3n) is 4.57. The van der Waals surface area contributed by atoms with E-state index < -0.39 is 0 Å². The molecule has 24 heavy (non-hydrogen) atoms. The van der Waals surface area contributed by atoms with Crippen molar-refractivity contribution in [1.82, 2.24) is 10.3 Å². The van der Waals surface area contributed by atoms with E-state index in [1.165, 1.54) is 0 Å². The zero-order chi connectivity index (χ0) is 16.5. The average molecular weight is 341 g/mol. The van der Waals surface area contributed by atoms with E-state index in [-0.39, 0.29) is 11.8 Å². The number of amides is 1. The number of aliphatic imine (C=N–C) groups is 1. The van der Waals surface area contributed by atoms with Gasteiger partial charge in [0.2, 0.25) is 0 Å². The molecular formula is C18H19N3O2S. The minimum atomic E-state index is -0.182. The second kappa shape index (κ2) is 6.45. The molecule has 1 amide bonds. The molecule has 1 N–H and O–H groups in total. The molecule has 124 valence electrons. The first-order chi connectivity index (χ1) is 11.7. The van der Waals surface area contributed by atoms with Crippen LogP contribution < -0.4 is 5.32 Å². The van der Waals surface area contributed by atoms with E-state index in [0.29, 0.717) is 6.04 Å². The van der Waals surface area contributed by atoms with Gasteiger partial charge in [0.1, 0.15) is 0 Å². The first-order valence-corrected chi connectivity index (χ1v) is 9.06. The molecular weight excluding hydrogens is 322 g/mol. The molecule has 3 heterocycles. The Morgan fingerprint density at radius 3 is 2.88 bits per heavy atom. The molecule has 0 radical (unpaired) electrons. The van der Waals surface area contributed by atoms with Crippen LogP contribution in [0.25, 0.3) is 5.57 Å². The summed E-state index contributed by atoms with van der Waals surface area (Å²) in [7, 11) is 0. The van der Waals surface area contributed by atoms with Gasteiger partial charge >= 0.3 is 0 Å². The molecule has 0 bridgehead atoms. The van der Waals surface area contributed by atoms with Crippen molar-refractivity contribution in [3.8, 4) is 0 Å². The van der Waals surface area contributed by atoms with Crippen LogP contribution in [0.4, 0.5) is 0 Å². The molecule has 1 fully saturated rings. The van der Waals surface area contributed by atoms with Gasteiger partial charge in [0.15, 0.2) is 0 Å². The number of dihydropyridines is 1. The molecule has 4 rings (SSSR count). The summed E-state index contributed by atoms with van der Waals surface area (Å²) >= 11 is 1.62. The van der Waals surface area contributed by atoms with E-state index in [1.54, 1.807) is 17.4 Å². The Labute approximate surface area is 144 Å². The van der Waals surface area contributed by atoms with Gasteiger partial charge in [-0.2, -0.15) is 0 Å². The summed E-state index contributed by atoms with van der Waals surface area (Å²) in [6, 6.07) is 0.351. The number of hydrogen-bond donors (Lipinski definition) is 1. The van der Waals surface area contributed by atoms with Gasteiger partial charge in [-0.25, -0.2) is 4.99 Å². The molecule has 1 atom stereocenters. The molecule has 1 saturated heterocycles. The predicted octanol–water partition coefficient (Wildman–Crippen LogP) is 2.74. The highest BCUT2D eigenvalue weighted by Crippen LogP contribution is 2.33. The SMILES string of the molecule is CC1=CC(c2cncs2)=CC2C(NC3CCOCC3)=CC(=O)N=C12. The van der Waals surface area contributed by atoms with Gasteiger partial charge in [-0.1, -0.05) is 6.08 Å². The molecule has 1 aromatic rings. The van der Waals surface area contributed by atoms with Crippen LogP contribution in [0.1, 0.15) is 24.6 Å². The number of aromatic nitrogens is 1. The van der Waals surface area contributed by atoms with E-state index >= 15 is 0 Å². The standard InChI is InChI=1S/C18H19N3O2S/c1-11-6-12(16-9-19-10-24-16)7-14-15(8-17(22)21-18(11)14)20-13-2-4-23-5-3-13/h6-10,13-14,20H,2-5H2,1H3. The Kier molecular flexibility index (Phi) is 4.16. The fourth-order valence-corrected chi connectivity index (χ4v) is 3.97. The summed E-state index contributed by atoms with van der Waals surface area (Å²) in [4.78, 5) is 21.6. The largest absolute Gasteiger partial charge is 0.384 e. The van der Waals surface area contributed by atoms with Crippen molar-refractivity contribution in [3.05, 3.63) is 46.1 Å². The van der Waals surface area contributed by atoms with Crippen molar-refractivity contribution in [2.45, 2.75) is 25.8 Å². The molecule has 2 aliphatic heterocycles. The Balaban J connectivity index is 1.65. The first-order valence-electron chi connectivity index (χ1n) is 8.18. The molecule has 1 aliphatic carbocycles. The highest BCUT2D eigenvalue weighted by atomic mass is 32.1. The minimum absolute atomic E-state index is 0.00708. The van der Waals surface area contributed by atoms with Crippen LogP contribution in [0.5, 0.6) is 0 Å². The quantitative estimate of drug-likeness (QED) is 0.918. The Morgan fingerprint density at radius 2 is 2.12 bits per heavy atom. The number of nitrogens with zero attached hydrogens (tertiary/aromatic N) is 2. The van der Waals surface area contributed by atoms with Crippen LogP contribution in [0, 0.1) is 5.92 Å². The highest BCUT2D eigenvalue weighted by Gasteiger charge is 2.30. The number of nitrogens with one attached hydrogen (secondary N) is 1. The van der Waals surface area contributed by atoms with Crippen LogP contribution in [0.2, 0.25) is 0 Å². The van der Waals surface area contributed by atoms with Crippen molar-refractivity contribution >= 4 is 28.5 Å². The van der Waals surface area contributed by atoms with E-state index in [1.807, 2.05) is 18.6 Å². The number of fused-ring (bicyclic) bond motifs is 1. The van der Waals surface area contributed by atoms with Gasteiger partial charge in [0.05, 0.1) is 22.0 Å². The third-order valence-corrected chi connectivity index (χ3v) is 5.39. The summed E-state index contributed by atoms with van der Waals surface area (Å²) in [5, 5.41) is 3.57. The van der Waals surface area contributed by atoms with Crippen LogP contribution in [-0.4, -0.2) is 35.9 Å². The lowest BCUT2D eigenvalue weighted by Gasteiger charge is -2.32. The number of hydrogen-bond acceptors (Lipinski definition) is 5. The summed E-state index contributed by atoms with van der Waals surface area (Å²) in [6.45, 7) is 3.56. The minimum Gasteiger partial charge on any atom is -0.384 e. The number of carbonyl (C=O) groups excluding carboxylic acids is 1. The van der Waals surface area contributed by atoms with E-state index in [9.17, 15) is 4.79 Å². The Hall–Kier alpha value is -2.05. The van der Waals surface area contributed by atoms with Crippen molar-refractivity contribution in [3.63, 3.8) is 0 Å². The summed E-state index contributed by atoms with van der Waals surface area (Å²) in [5.74, 6) is -0.175. The van der Waals surface area contributed by atoms with E-state index in [4.69, 9.17) is 4.74 Å². The Morgan fingerprint density at radius 1 is 1.29 bits per heavy atom. The van der Waals surface area contributed by atoms with Gasteiger partial charge in [0, 0.05) is 37.2 Å². The van der Waals surface area contributed by atoms with Crippen molar-refractivity contribution in [1.29, 1.82) is 0 Å². The number of allylic oxidation sites excluding steroid dienone is 4. The molecule has 0 saturated carbocycles. The monoisotopic (exact) mass is 341 g/mol. The average Bonchev–Trinajstić information content (AvgIpc) is 3.11. The lowest BCUT2D eigenvalue weighted by molar-refractivity contribution is -0.113. The Bertz CT molecular complexity index is 768. The number of rotatable bonds is 3. The molecule has 0 aromatic carbocycles. The van der Waals surface area contributed by atoms with Gasteiger partial charge in [-0.15, -0.1) is 11.3 Å². The molecule has 0 spiro atoms. The molecule has 1 aromatic heterocycles. The molecule has 6 heteroatoms. The molecule has 1 unspecified atom stereocenters. The summed E-state index contributed by atoms with van der Waals surface area (Å²) in [6.07, 6.45) is 9.72. The maximum Gasteiger partial charge on any atom is 0.271 e. The lowest BCUT2D eigenvalue weighted by Crippen LogP contribution is -2.39. The molecule has 5 nitrogen and oxygen atoms in total. The van der Waals surface area contributed by atoms with Gasteiger partial charge in [0.25, 0.3) is 5.91 Å². The van der Waals surface area contributed by atoms with Gasteiger partial charge in [-0.3, -0.25) is 9.78 Å². The topological polar surface area (TPSA) is 63.6 Å². The predicted molar refractivity (Wildman–Crippen MR) is 94.8 cm³/mol. The summed E-state index contributed by atoms with van der Waals surface area (Å²) < 4.78 is 5.42. The highest BCUT2D eigenvalue weighted by molar-refractivity contribution is 7.10. The van der Waals surface area contributed by atoms with Crippen LogP contribution >= 0.6 is 11.3 Å². The van der Waals surface area contributed by atoms with Crippen molar-refractivity contribution < 1.29 is 9.53 Å². The van der Waals surface area contributed by atoms with E-state index in [2.05, 4.69) is 27.4 Å². The second-order valence-corrected chi connectivity index (χ2v) is 7.15. The number of carbonyl (C=O) groups is 1. The first kappa shape index (κ1) is 15.5.